The topological polar surface area (TPSA) is 85.2 Å². The van der Waals surface area contributed by atoms with E-state index in [-0.39, 0.29) is 79.8 Å². The van der Waals surface area contributed by atoms with Gasteiger partial charge >= 0.3 is 0 Å². The minimum atomic E-state index is -2.65. The minimum Gasteiger partial charge on any atom is -0.356 e. The van der Waals surface area contributed by atoms with E-state index >= 15 is 0 Å². The molecule has 1 aliphatic heterocycles. The fourth-order valence-corrected chi connectivity index (χ4v) is 5.50. The molecule has 9 heteroatoms. The van der Waals surface area contributed by atoms with E-state index in [2.05, 4.69) is 31.4 Å². The first-order valence-corrected chi connectivity index (χ1v) is 11.6. The Morgan fingerprint density at radius 1 is 1.12 bits per heavy atom. The summed E-state index contributed by atoms with van der Waals surface area (Å²) in [5.41, 5.74) is -0.621. The van der Waals surface area contributed by atoms with Crippen molar-refractivity contribution in [3.05, 3.63) is 0 Å². The Bertz CT molecular complexity index is 759. The van der Waals surface area contributed by atoms with Gasteiger partial charge in [0.15, 0.2) is 0 Å². The summed E-state index contributed by atoms with van der Waals surface area (Å²) in [6, 6.07) is 1.28. The van der Waals surface area contributed by atoms with Crippen LogP contribution in [0.5, 0.6) is 0 Å². The van der Waals surface area contributed by atoms with Crippen LogP contribution in [0.25, 0.3) is 0 Å². The quantitative estimate of drug-likeness (QED) is 0.643. The summed E-state index contributed by atoms with van der Waals surface area (Å²) in [5.74, 6) is -3.26. The van der Waals surface area contributed by atoms with Crippen molar-refractivity contribution in [1.29, 1.82) is 5.26 Å². The van der Waals surface area contributed by atoms with Gasteiger partial charge in [0.25, 0.3) is 0 Å². The first-order valence-electron chi connectivity index (χ1n) is 11.6. The van der Waals surface area contributed by atoms with Crippen LogP contribution < -0.4 is 10.6 Å². The van der Waals surface area contributed by atoms with Gasteiger partial charge in [-0.2, -0.15) is 5.26 Å². The summed E-state index contributed by atoms with van der Waals surface area (Å²) in [6.07, 6.45) is 0.520. The summed E-state index contributed by atoms with van der Waals surface area (Å²) in [6.45, 7) is 6.70. The summed E-state index contributed by atoms with van der Waals surface area (Å²) in [7, 11) is 0. The number of hydrogen-bond donors (Lipinski definition) is 2. The van der Waals surface area contributed by atoms with Gasteiger partial charge in [-0.05, 0) is 43.9 Å². The molecule has 32 heavy (non-hydrogen) atoms. The number of hydrogen-bond acceptors (Lipinski definition) is 4. The molecule has 1 saturated heterocycles. The number of nitriles is 1. The first kappa shape index (κ1) is 24.8. The third-order valence-corrected chi connectivity index (χ3v) is 8.40. The van der Waals surface area contributed by atoms with Gasteiger partial charge in [-0.15, -0.1) is 0 Å². The van der Waals surface area contributed by atoms with Crippen LogP contribution in [0.15, 0.2) is 0 Å². The number of nitrogens with zero attached hydrogens (tertiary/aromatic N) is 2. The van der Waals surface area contributed by atoms with Gasteiger partial charge in [0.05, 0.1) is 19.2 Å². The molecular weight excluding hydrogens is 421 g/mol. The Hall–Kier alpha value is -1.82. The first-order chi connectivity index (χ1) is 14.9. The molecule has 2 saturated carbocycles. The fourth-order valence-electron chi connectivity index (χ4n) is 5.50. The zero-order valence-corrected chi connectivity index (χ0v) is 19.2. The van der Waals surface area contributed by atoms with Crippen LogP contribution in [0.1, 0.15) is 65.7 Å². The minimum absolute atomic E-state index is 0.0280. The Morgan fingerprint density at radius 2 is 1.78 bits per heavy atom. The fraction of sp³-hybridized carbons (Fsp3) is 0.870. The number of nitrogens with one attached hydrogen (secondary N) is 2. The number of carbonyl (C=O) groups excluding carboxylic acids is 2. The molecule has 0 radical (unpaired) electrons. The highest BCUT2D eigenvalue weighted by Crippen LogP contribution is 2.49. The molecule has 0 bridgehead atoms. The average molecular weight is 457 g/mol. The van der Waals surface area contributed by atoms with Crippen LogP contribution in [0.3, 0.4) is 0 Å². The zero-order valence-electron chi connectivity index (χ0n) is 19.2. The summed E-state index contributed by atoms with van der Waals surface area (Å²) in [4.78, 5) is 26.4. The maximum Gasteiger partial charge on any atom is 0.248 e. The van der Waals surface area contributed by atoms with Crippen molar-refractivity contribution in [2.75, 3.05) is 19.6 Å². The van der Waals surface area contributed by atoms with Crippen LogP contribution in [0.2, 0.25) is 0 Å². The van der Waals surface area contributed by atoms with Crippen molar-refractivity contribution in [3.8, 4) is 6.07 Å². The summed E-state index contributed by atoms with van der Waals surface area (Å²) >= 11 is 0. The standard InChI is InChI=1S/C23H35F3N4O2/c1-21(2)16(12-28-20(32)15-4-8-23(25,26)9-5-15)6-7-22(21,3)29-13-19(31)30-14-17(24)10-18(30)11-27/h15-18,29H,4-10,12-14H2,1-3H3,(H,28,32)/t16-,17+,18+,22-/m1/s1. The van der Waals surface area contributed by atoms with E-state index in [9.17, 15) is 28.0 Å². The second kappa shape index (κ2) is 9.20. The lowest BCUT2D eigenvalue weighted by molar-refractivity contribution is -0.131. The van der Waals surface area contributed by atoms with Crippen LogP contribution in [-0.4, -0.2) is 60.0 Å². The van der Waals surface area contributed by atoms with Crippen molar-refractivity contribution < 1.29 is 22.8 Å². The molecule has 0 unspecified atom stereocenters. The monoisotopic (exact) mass is 456 g/mol. The number of rotatable bonds is 6. The van der Waals surface area contributed by atoms with Gasteiger partial charge in [-0.3, -0.25) is 9.59 Å². The molecule has 3 aliphatic rings. The molecular formula is C23H35F3N4O2. The Morgan fingerprint density at radius 3 is 2.41 bits per heavy atom. The van der Waals surface area contributed by atoms with E-state index in [4.69, 9.17) is 0 Å². The highest BCUT2D eigenvalue weighted by molar-refractivity contribution is 5.79. The number of likely N-dealkylation sites (tertiary alicyclic amines) is 1. The Kier molecular flexibility index (Phi) is 7.14. The van der Waals surface area contributed by atoms with E-state index in [0.29, 0.717) is 6.54 Å². The van der Waals surface area contributed by atoms with E-state index in [1.807, 2.05) is 6.07 Å². The van der Waals surface area contributed by atoms with Gasteiger partial charge < -0.3 is 15.5 Å². The molecule has 3 rings (SSSR count). The smallest absolute Gasteiger partial charge is 0.248 e. The number of halogens is 3. The second-order valence-corrected chi connectivity index (χ2v) is 10.5. The summed E-state index contributed by atoms with van der Waals surface area (Å²) < 4.78 is 40.3. The lowest BCUT2D eigenvalue weighted by atomic mass is 9.71. The SMILES string of the molecule is CC1(C)[C@@H](CNC(=O)C2CCC(F)(F)CC2)CC[C@@]1(C)NCC(=O)N1C[C@@H](F)C[C@H]1C#N. The van der Waals surface area contributed by atoms with Crippen molar-refractivity contribution >= 4 is 11.8 Å². The van der Waals surface area contributed by atoms with Crippen LogP contribution in [0.4, 0.5) is 13.2 Å². The lowest BCUT2D eigenvalue weighted by Gasteiger charge is -2.43. The van der Waals surface area contributed by atoms with Crippen molar-refractivity contribution in [2.45, 2.75) is 89.4 Å². The molecule has 0 aromatic heterocycles. The van der Waals surface area contributed by atoms with Crippen molar-refractivity contribution in [3.63, 3.8) is 0 Å². The molecule has 2 aliphatic carbocycles. The van der Waals surface area contributed by atoms with Gasteiger partial charge in [0.1, 0.15) is 12.2 Å². The van der Waals surface area contributed by atoms with Gasteiger partial charge in [-0.25, -0.2) is 13.2 Å². The average Bonchev–Trinajstić information content (AvgIpc) is 3.21. The Labute approximate surface area is 188 Å². The Balaban J connectivity index is 1.51. The molecule has 0 spiro atoms. The molecule has 0 aromatic rings. The molecule has 0 aromatic carbocycles. The van der Waals surface area contributed by atoms with Gasteiger partial charge in [0, 0.05) is 37.3 Å². The van der Waals surface area contributed by atoms with Crippen molar-refractivity contribution in [2.24, 2.45) is 17.3 Å². The molecule has 1 heterocycles. The number of carbonyl (C=O) groups is 2. The van der Waals surface area contributed by atoms with E-state index in [1.54, 1.807) is 0 Å². The molecule has 180 valence electrons. The van der Waals surface area contributed by atoms with E-state index < -0.39 is 18.1 Å². The van der Waals surface area contributed by atoms with Crippen LogP contribution >= 0.6 is 0 Å². The third kappa shape index (κ3) is 5.05. The van der Waals surface area contributed by atoms with Crippen molar-refractivity contribution in [1.82, 2.24) is 15.5 Å². The highest BCUT2D eigenvalue weighted by Gasteiger charge is 2.51. The maximum absolute atomic E-state index is 13.6. The number of alkyl halides is 3. The van der Waals surface area contributed by atoms with Crippen LogP contribution in [0, 0.1) is 28.6 Å². The predicted octanol–water partition coefficient (Wildman–Crippen LogP) is 3.18. The van der Waals surface area contributed by atoms with E-state index in [0.717, 1.165) is 12.8 Å². The second-order valence-electron chi connectivity index (χ2n) is 10.5. The summed E-state index contributed by atoms with van der Waals surface area (Å²) in [5, 5.41) is 15.5. The largest absolute Gasteiger partial charge is 0.356 e. The van der Waals surface area contributed by atoms with Gasteiger partial charge in [0.2, 0.25) is 17.7 Å². The van der Waals surface area contributed by atoms with Gasteiger partial charge in [-0.1, -0.05) is 13.8 Å². The molecule has 2 amide bonds. The third-order valence-electron chi connectivity index (χ3n) is 8.40. The molecule has 2 N–H and O–H groups in total. The normalized spacial score (nSPS) is 34.3. The van der Waals surface area contributed by atoms with Crippen LogP contribution in [-0.2, 0) is 9.59 Å². The number of amides is 2. The van der Waals surface area contributed by atoms with E-state index in [1.165, 1.54) is 4.90 Å². The maximum atomic E-state index is 13.6. The zero-order chi connectivity index (χ0) is 23.7. The predicted molar refractivity (Wildman–Crippen MR) is 113 cm³/mol. The molecule has 4 atom stereocenters. The highest BCUT2D eigenvalue weighted by atomic mass is 19.3. The molecule has 3 fully saturated rings. The molecule has 6 nitrogen and oxygen atoms in total. The lowest BCUT2D eigenvalue weighted by Crippen LogP contribution is -2.56.